The van der Waals surface area contributed by atoms with Crippen LogP contribution in [0.15, 0.2) is 12.4 Å². The first-order chi connectivity index (χ1) is 12.4. The van der Waals surface area contributed by atoms with E-state index in [1.807, 2.05) is 0 Å². The molecule has 0 saturated carbocycles. The van der Waals surface area contributed by atoms with Crippen molar-refractivity contribution in [3.63, 3.8) is 0 Å². The molecule has 3 fully saturated rings. The van der Waals surface area contributed by atoms with Crippen LogP contribution >= 0.6 is 0 Å². The lowest BCUT2D eigenvalue weighted by molar-refractivity contribution is -0.181. The van der Waals surface area contributed by atoms with E-state index in [1.165, 1.54) is 6.33 Å². The average Bonchev–Trinajstić information content (AvgIpc) is 3.21. The smallest absolute Gasteiger partial charge is 0.272 e. The van der Waals surface area contributed by atoms with Gasteiger partial charge in [0.05, 0.1) is 24.7 Å². The van der Waals surface area contributed by atoms with E-state index in [-0.39, 0.29) is 23.5 Å². The summed E-state index contributed by atoms with van der Waals surface area (Å²) in [5, 5.41) is 3.09. The molecule has 0 aliphatic carbocycles. The highest BCUT2D eigenvalue weighted by Gasteiger charge is 2.41. The number of anilines is 1. The van der Waals surface area contributed by atoms with Crippen molar-refractivity contribution in [1.29, 1.82) is 0 Å². The zero-order valence-corrected chi connectivity index (χ0v) is 15.2. The van der Waals surface area contributed by atoms with Crippen molar-refractivity contribution in [3.8, 4) is 0 Å². The molecule has 1 aromatic rings. The molecule has 0 bridgehead atoms. The van der Waals surface area contributed by atoms with Gasteiger partial charge in [-0.15, -0.1) is 0 Å². The predicted molar refractivity (Wildman–Crippen MR) is 92.5 cm³/mol. The number of hydrogen-bond acceptors (Lipinski definition) is 8. The molecular weight excluding hydrogens is 360 g/mol. The maximum absolute atomic E-state index is 12.7. The molecule has 1 aromatic heterocycles. The molecule has 0 aromatic carbocycles. The third-order valence-electron chi connectivity index (χ3n) is 5.10. The summed E-state index contributed by atoms with van der Waals surface area (Å²) in [6, 6.07) is 1.41. The van der Waals surface area contributed by atoms with E-state index in [2.05, 4.69) is 15.3 Å². The second kappa shape index (κ2) is 6.75. The summed E-state index contributed by atoms with van der Waals surface area (Å²) in [6.45, 7) is 2.30. The first-order valence-corrected chi connectivity index (χ1v) is 10.6. The van der Waals surface area contributed by atoms with Crippen molar-refractivity contribution in [2.24, 2.45) is 0 Å². The molecule has 3 aliphatic heterocycles. The van der Waals surface area contributed by atoms with E-state index in [1.54, 1.807) is 11.0 Å². The summed E-state index contributed by atoms with van der Waals surface area (Å²) in [5.41, 5.74) is 0.299. The summed E-state index contributed by atoms with van der Waals surface area (Å²) < 4.78 is 34.5. The molecule has 10 heteroatoms. The number of ether oxygens (including phenoxy) is 2. The number of sulfone groups is 1. The van der Waals surface area contributed by atoms with E-state index in [0.29, 0.717) is 57.1 Å². The lowest BCUT2D eigenvalue weighted by Crippen LogP contribution is -2.47. The summed E-state index contributed by atoms with van der Waals surface area (Å²) in [7, 11) is -2.98. The molecular formula is C16H22N4O5S. The van der Waals surface area contributed by atoms with Crippen LogP contribution in [0.2, 0.25) is 0 Å². The van der Waals surface area contributed by atoms with Gasteiger partial charge in [0.2, 0.25) is 0 Å². The zero-order chi connectivity index (χ0) is 18.2. The molecule has 9 nitrogen and oxygen atoms in total. The normalized spacial score (nSPS) is 26.9. The van der Waals surface area contributed by atoms with Gasteiger partial charge in [0.1, 0.15) is 17.8 Å². The molecule has 3 saturated heterocycles. The summed E-state index contributed by atoms with van der Waals surface area (Å²) in [5.74, 6) is 0.0578. The molecule has 1 N–H and O–H groups in total. The van der Waals surface area contributed by atoms with Gasteiger partial charge in [0.15, 0.2) is 15.6 Å². The van der Waals surface area contributed by atoms with Crippen molar-refractivity contribution in [1.82, 2.24) is 14.9 Å². The predicted octanol–water partition coefficient (Wildman–Crippen LogP) is 0.0547. The minimum atomic E-state index is -2.98. The molecule has 0 radical (unpaired) electrons. The molecule has 4 heterocycles. The topological polar surface area (TPSA) is 111 Å². The van der Waals surface area contributed by atoms with Crippen LogP contribution in [0.5, 0.6) is 0 Å². The van der Waals surface area contributed by atoms with Gasteiger partial charge in [0.25, 0.3) is 5.91 Å². The van der Waals surface area contributed by atoms with E-state index in [4.69, 9.17) is 9.47 Å². The Morgan fingerprint density at radius 2 is 1.96 bits per heavy atom. The van der Waals surface area contributed by atoms with Crippen LogP contribution in [0.4, 0.5) is 5.82 Å². The Bertz CT molecular complexity index is 784. The van der Waals surface area contributed by atoms with Crippen molar-refractivity contribution in [2.45, 2.75) is 31.1 Å². The summed E-state index contributed by atoms with van der Waals surface area (Å²) in [4.78, 5) is 22.7. The summed E-state index contributed by atoms with van der Waals surface area (Å²) >= 11 is 0. The first-order valence-electron chi connectivity index (χ1n) is 8.81. The Balaban J connectivity index is 1.39. The number of nitrogens with one attached hydrogen (secondary N) is 1. The van der Waals surface area contributed by atoms with Crippen LogP contribution in [-0.2, 0) is 19.3 Å². The Morgan fingerprint density at radius 3 is 2.62 bits per heavy atom. The zero-order valence-electron chi connectivity index (χ0n) is 14.4. The highest BCUT2D eigenvalue weighted by Crippen LogP contribution is 2.31. The van der Waals surface area contributed by atoms with Crippen molar-refractivity contribution in [2.75, 3.05) is 43.1 Å². The maximum atomic E-state index is 12.7. The first kappa shape index (κ1) is 17.6. The number of aromatic nitrogens is 2. The van der Waals surface area contributed by atoms with Gasteiger partial charge in [-0.1, -0.05) is 0 Å². The highest BCUT2D eigenvalue weighted by atomic mass is 32.2. The van der Waals surface area contributed by atoms with E-state index in [9.17, 15) is 13.2 Å². The van der Waals surface area contributed by atoms with Crippen LogP contribution < -0.4 is 5.32 Å². The fraction of sp³-hybridized carbons (Fsp3) is 0.688. The van der Waals surface area contributed by atoms with Crippen LogP contribution in [0.1, 0.15) is 29.8 Å². The number of likely N-dealkylation sites (tertiary alicyclic amines) is 1. The van der Waals surface area contributed by atoms with Gasteiger partial charge in [-0.2, -0.15) is 0 Å². The quantitative estimate of drug-likeness (QED) is 0.781. The molecule has 1 spiro atoms. The summed E-state index contributed by atoms with van der Waals surface area (Å²) in [6.07, 6.45) is 3.17. The van der Waals surface area contributed by atoms with Gasteiger partial charge in [-0.3, -0.25) is 4.79 Å². The van der Waals surface area contributed by atoms with E-state index < -0.39 is 15.6 Å². The lowest BCUT2D eigenvalue weighted by atomic mass is 10.0. The number of rotatable bonds is 3. The minimum Gasteiger partial charge on any atom is -0.366 e. The Morgan fingerprint density at radius 1 is 1.23 bits per heavy atom. The third-order valence-corrected chi connectivity index (χ3v) is 6.86. The molecule has 142 valence electrons. The Kier molecular flexibility index (Phi) is 4.57. The van der Waals surface area contributed by atoms with Gasteiger partial charge in [-0.05, 0) is 6.42 Å². The number of amides is 1. The molecule has 4 rings (SSSR count). The maximum Gasteiger partial charge on any atom is 0.272 e. The molecule has 1 atom stereocenters. The average molecular weight is 382 g/mol. The Hall–Kier alpha value is -1.78. The number of carbonyl (C=O) groups excluding carboxylic acids is 1. The SMILES string of the molecule is O=C(c1cc(NC2CCS(=O)(=O)C2)ncn1)N1CCC2(CC1)OCCO2. The number of piperidine rings is 1. The van der Waals surface area contributed by atoms with Gasteiger partial charge < -0.3 is 19.7 Å². The fourth-order valence-corrected chi connectivity index (χ4v) is 5.34. The Labute approximate surface area is 152 Å². The number of hydrogen-bond donors (Lipinski definition) is 1. The van der Waals surface area contributed by atoms with Crippen molar-refractivity contribution >= 4 is 21.6 Å². The third kappa shape index (κ3) is 3.67. The molecule has 26 heavy (non-hydrogen) atoms. The van der Waals surface area contributed by atoms with Crippen LogP contribution in [-0.4, -0.2) is 78.8 Å². The van der Waals surface area contributed by atoms with Crippen molar-refractivity contribution < 1.29 is 22.7 Å². The second-order valence-corrected chi connectivity index (χ2v) is 9.16. The molecule has 1 amide bonds. The number of nitrogens with zero attached hydrogens (tertiary/aromatic N) is 3. The minimum absolute atomic E-state index is 0.0918. The second-order valence-electron chi connectivity index (χ2n) is 6.93. The fourth-order valence-electron chi connectivity index (χ4n) is 3.67. The van der Waals surface area contributed by atoms with Crippen LogP contribution in [0.25, 0.3) is 0 Å². The van der Waals surface area contributed by atoms with Crippen molar-refractivity contribution in [3.05, 3.63) is 18.1 Å². The highest BCUT2D eigenvalue weighted by molar-refractivity contribution is 7.91. The number of carbonyl (C=O) groups is 1. The van der Waals surface area contributed by atoms with Gasteiger partial charge >= 0.3 is 0 Å². The van der Waals surface area contributed by atoms with Gasteiger partial charge in [0, 0.05) is 38.0 Å². The monoisotopic (exact) mass is 382 g/mol. The standard InChI is InChI=1S/C16H22N4O5S/c21-15(20-4-2-16(3-5-20)24-6-7-25-16)13-9-14(18-11-17-13)19-12-1-8-26(22,23)10-12/h9,11-12H,1-8,10H2,(H,17,18,19). The largest absolute Gasteiger partial charge is 0.366 e. The van der Waals surface area contributed by atoms with Gasteiger partial charge in [-0.25, -0.2) is 18.4 Å². The molecule has 3 aliphatic rings. The van der Waals surface area contributed by atoms with E-state index >= 15 is 0 Å². The molecule has 1 unspecified atom stereocenters. The van der Waals surface area contributed by atoms with Crippen LogP contribution in [0.3, 0.4) is 0 Å². The lowest BCUT2D eigenvalue weighted by Gasteiger charge is -2.37. The van der Waals surface area contributed by atoms with E-state index in [0.717, 1.165) is 0 Å². The van der Waals surface area contributed by atoms with Crippen LogP contribution in [0, 0.1) is 0 Å².